The molecule has 0 aliphatic carbocycles. The molecule has 180 valence electrons. The van der Waals surface area contributed by atoms with Crippen molar-refractivity contribution in [2.45, 2.75) is 32.9 Å². The highest BCUT2D eigenvalue weighted by atomic mass is 35.5. The van der Waals surface area contributed by atoms with E-state index < -0.39 is 11.4 Å². The monoisotopic (exact) mass is 503 g/mol. The fourth-order valence-electron chi connectivity index (χ4n) is 3.31. The molecule has 1 heterocycles. The number of hydrogen-bond acceptors (Lipinski definition) is 5. The third-order valence-electron chi connectivity index (χ3n) is 5.15. The fourth-order valence-corrected chi connectivity index (χ4v) is 3.63. The summed E-state index contributed by atoms with van der Waals surface area (Å²) in [6, 6.07) is 12.9. The Morgan fingerprint density at radius 2 is 1.65 bits per heavy atom. The molecule has 2 aromatic carbocycles. The van der Waals surface area contributed by atoms with Gasteiger partial charge in [0.25, 0.3) is 0 Å². The summed E-state index contributed by atoms with van der Waals surface area (Å²) < 4.78 is 2.47. The number of nitrogens with zero attached hydrogens (tertiary/aromatic N) is 4. The van der Waals surface area contributed by atoms with Crippen molar-refractivity contribution in [2.75, 3.05) is 18.4 Å². The average molecular weight is 504 g/mol. The van der Waals surface area contributed by atoms with Crippen LogP contribution >= 0.6 is 23.2 Å². The Bertz CT molecular complexity index is 1290. The molecule has 0 bridgehead atoms. The quantitative estimate of drug-likeness (QED) is 0.233. The van der Waals surface area contributed by atoms with Gasteiger partial charge in [0.05, 0.1) is 29.7 Å². The predicted octanol–water partition coefficient (Wildman–Crippen LogP) is 2.62. The molecule has 34 heavy (non-hydrogen) atoms. The minimum Gasteiger partial charge on any atom is -0.370 e. The zero-order valence-electron chi connectivity index (χ0n) is 19.0. The van der Waals surface area contributed by atoms with Crippen molar-refractivity contribution in [2.24, 2.45) is 16.5 Å². The summed E-state index contributed by atoms with van der Waals surface area (Å²) in [6.45, 7) is 4.99. The standard InChI is InChI=1S/C23H27Cl2N7O2/c1-14(2)17-6-3-15(4-7-17)12-31-21(29-10-9-28-20(26)27)30-22(33)32(23(31)34)13-16-5-8-18(24)19(25)11-16/h3-8,11,14H,9-10,12-13H2,1-2H3,(H4,26,27,28)(H,29,30,33). The summed E-state index contributed by atoms with van der Waals surface area (Å²) in [4.78, 5) is 34.2. The van der Waals surface area contributed by atoms with E-state index in [-0.39, 0.29) is 38.1 Å². The number of anilines is 1. The Hall–Kier alpha value is -3.30. The molecule has 9 nitrogen and oxygen atoms in total. The number of guanidine groups is 1. The molecule has 0 saturated heterocycles. The van der Waals surface area contributed by atoms with Crippen LogP contribution in [-0.4, -0.2) is 33.2 Å². The lowest BCUT2D eigenvalue weighted by Gasteiger charge is -2.16. The second kappa shape index (κ2) is 11.2. The first-order valence-electron chi connectivity index (χ1n) is 10.7. The molecule has 0 radical (unpaired) electrons. The number of aromatic nitrogens is 3. The molecule has 1 aromatic heterocycles. The molecule has 11 heteroatoms. The topological polar surface area (TPSA) is 133 Å². The Labute approximate surface area is 207 Å². The largest absolute Gasteiger partial charge is 0.370 e. The fraction of sp³-hybridized carbons (Fsp3) is 0.304. The van der Waals surface area contributed by atoms with Gasteiger partial charge in [-0.25, -0.2) is 14.2 Å². The van der Waals surface area contributed by atoms with E-state index in [1.807, 2.05) is 24.3 Å². The van der Waals surface area contributed by atoms with Crippen LogP contribution in [0.3, 0.4) is 0 Å². The van der Waals surface area contributed by atoms with E-state index in [0.29, 0.717) is 21.5 Å². The number of aliphatic imine (C=N–C) groups is 1. The molecule has 3 aromatic rings. The third kappa shape index (κ3) is 6.39. The summed E-state index contributed by atoms with van der Waals surface area (Å²) in [5.74, 6) is 0.479. The van der Waals surface area contributed by atoms with Crippen molar-refractivity contribution in [3.63, 3.8) is 0 Å². The Kier molecular flexibility index (Phi) is 8.36. The molecule has 0 fully saturated rings. The first-order valence-corrected chi connectivity index (χ1v) is 11.4. The van der Waals surface area contributed by atoms with Crippen LogP contribution in [0, 0.1) is 0 Å². The maximum Gasteiger partial charge on any atom is 0.355 e. The van der Waals surface area contributed by atoms with E-state index in [2.05, 4.69) is 29.1 Å². The maximum atomic E-state index is 13.4. The predicted molar refractivity (Wildman–Crippen MR) is 137 cm³/mol. The SMILES string of the molecule is CC(C)c1ccc(Cn2c(NCCN=C(N)N)nc(=O)n(Cc3ccc(Cl)c(Cl)c3)c2=O)cc1. The van der Waals surface area contributed by atoms with Crippen LogP contribution in [0.5, 0.6) is 0 Å². The number of nitrogens with one attached hydrogen (secondary N) is 1. The van der Waals surface area contributed by atoms with Crippen molar-refractivity contribution >= 4 is 35.1 Å². The molecule has 3 rings (SSSR count). The number of rotatable bonds is 9. The smallest absolute Gasteiger partial charge is 0.355 e. The first kappa shape index (κ1) is 25.3. The van der Waals surface area contributed by atoms with E-state index >= 15 is 0 Å². The molecular weight excluding hydrogens is 477 g/mol. The molecule has 0 saturated carbocycles. The maximum absolute atomic E-state index is 13.4. The van der Waals surface area contributed by atoms with Gasteiger partial charge in [-0.3, -0.25) is 9.56 Å². The lowest BCUT2D eigenvalue weighted by Crippen LogP contribution is -2.43. The van der Waals surface area contributed by atoms with Crippen LogP contribution in [0.15, 0.2) is 57.0 Å². The summed E-state index contributed by atoms with van der Waals surface area (Å²) in [6.07, 6.45) is 0. The number of nitrogens with two attached hydrogens (primary N) is 2. The van der Waals surface area contributed by atoms with E-state index in [1.165, 1.54) is 10.1 Å². The highest BCUT2D eigenvalue weighted by molar-refractivity contribution is 6.42. The lowest BCUT2D eigenvalue weighted by atomic mass is 10.0. The van der Waals surface area contributed by atoms with Gasteiger partial charge in [0.1, 0.15) is 0 Å². The van der Waals surface area contributed by atoms with E-state index in [0.717, 1.165) is 10.1 Å². The Morgan fingerprint density at radius 1 is 1.00 bits per heavy atom. The van der Waals surface area contributed by atoms with Gasteiger partial charge in [0.2, 0.25) is 5.95 Å². The zero-order chi connectivity index (χ0) is 24.8. The van der Waals surface area contributed by atoms with E-state index in [9.17, 15) is 9.59 Å². The Morgan fingerprint density at radius 3 is 2.26 bits per heavy atom. The molecule has 0 atom stereocenters. The van der Waals surface area contributed by atoms with Crippen LogP contribution < -0.4 is 28.2 Å². The highest BCUT2D eigenvalue weighted by Gasteiger charge is 2.15. The van der Waals surface area contributed by atoms with E-state index in [4.69, 9.17) is 34.7 Å². The van der Waals surface area contributed by atoms with Crippen LogP contribution in [0.25, 0.3) is 0 Å². The first-order chi connectivity index (χ1) is 16.2. The van der Waals surface area contributed by atoms with Crippen molar-refractivity contribution in [1.82, 2.24) is 14.1 Å². The number of hydrogen-bond donors (Lipinski definition) is 3. The van der Waals surface area contributed by atoms with Gasteiger partial charge in [0.15, 0.2) is 5.96 Å². The second-order valence-corrected chi connectivity index (χ2v) is 8.87. The minimum atomic E-state index is -0.688. The van der Waals surface area contributed by atoms with Gasteiger partial charge in [-0.15, -0.1) is 0 Å². The second-order valence-electron chi connectivity index (χ2n) is 8.05. The van der Waals surface area contributed by atoms with E-state index in [1.54, 1.807) is 18.2 Å². The van der Waals surface area contributed by atoms with Gasteiger partial charge in [0, 0.05) is 6.54 Å². The number of halogens is 2. The summed E-state index contributed by atoms with van der Waals surface area (Å²) in [7, 11) is 0. The summed E-state index contributed by atoms with van der Waals surface area (Å²) in [5, 5.41) is 3.71. The third-order valence-corrected chi connectivity index (χ3v) is 5.89. The molecule has 5 N–H and O–H groups in total. The minimum absolute atomic E-state index is 0.00211. The van der Waals surface area contributed by atoms with Crippen LogP contribution in [0.4, 0.5) is 5.95 Å². The van der Waals surface area contributed by atoms with Crippen molar-refractivity contribution in [3.8, 4) is 0 Å². The van der Waals surface area contributed by atoms with Crippen LogP contribution in [-0.2, 0) is 13.1 Å². The van der Waals surface area contributed by atoms with Crippen LogP contribution in [0.1, 0.15) is 36.5 Å². The summed E-state index contributed by atoms with van der Waals surface area (Å²) >= 11 is 12.1. The highest BCUT2D eigenvalue weighted by Crippen LogP contribution is 2.22. The van der Waals surface area contributed by atoms with Crippen molar-refractivity contribution in [1.29, 1.82) is 0 Å². The normalized spacial score (nSPS) is 11.0. The van der Waals surface area contributed by atoms with Gasteiger partial charge in [-0.05, 0) is 34.7 Å². The summed E-state index contributed by atoms with van der Waals surface area (Å²) in [5.41, 5.74) is 12.2. The number of benzene rings is 2. The molecule has 0 amide bonds. The zero-order valence-corrected chi connectivity index (χ0v) is 20.5. The molecule has 0 spiro atoms. The molecule has 0 unspecified atom stereocenters. The average Bonchev–Trinajstić information content (AvgIpc) is 2.79. The molecular formula is C23H27Cl2N7O2. The van der Waals surface area contributed by atoms with Gasteiger partial charge < -0.3 is 16.8 Å². The Balaban J connectivity index is 1.99. The van der Waals surface area contributed by atoms with Crippen LogP contribution in [0.2, 0.25) is 10.0 Å². The van der Waals surface area contributed by atoms with Gasteiger partial charge in [-0.2, -0.15) is 4.98 Å². The van der Waals surface area contributed by atoms with Crippen molar-refractivity contribution < 1.29 is 0 Å². The van der Waals surface area contributed by atoms with Gasteiger partial charge in [-0.1, -0.05) is 67.4 Å². The molecule has 0 aliphatic heterocycles. The van der Waals surface area contributed by atoms with Gasteiger partial charge >= 0.3 is 11.4 Å². The molecule has 0 aliphatic rings. The van der Waals surface area contributed by atoms with Crippen molar-refractivity contribution in [3.05, 3.63) is 90.2 Å². The lowest BCUT2D eigenvalue weighted by molar-refractivity contribution is 0.586.